The number of amides is 1. The lowest BCUT2D eigenvalue weighted by atomic mass is 10.2. The maximum Gasteiger partial charge on any atom is 0.308 e. The first kappa shape index (κ1) is 13.6. The van der Waals surface area contributed by atoms with E-state index in [1.165, 1.54) is 18.7 Å². The number of rotatable bonds is 3. The molecule has 1 saturated heterocycles. The molecule has 100 valence electrons. The van der Waals surface area contributed by atoms with Gasteiger partial charge in [-0.15, -0.1) is 0 Å². The fourth-order valence-corrected chi connectivity index (χ4v) is 2.64. The van der Waals surface area contributed by atoms with Gasteiger partial charge in [0.1, 0.15) is 5.75 Å². The van der Waals surface area contributed by atoms with Gasteiger partial charge in [-0.25, -0.2) is 0 Å². The summed E-state index contributed by atoms with van der Waals surface area (Å²) in [6.45, 7) is 1.31. The second-order valence-corrected chi connectivity index (χ2v) is 5.20. The van der Waals surface area contributed by atoms with Crippen molar-refractivity contribution in [1.29, 1.82) is 0 Å². The van der Waals surface area contributed by atoms with Crippen molar-refractivity contribution >= 4 is 28.8 Å². The molecule has 0 aliphatic carbocycles. The first-order valence-corrected chi connectivity index (χ1v) is 6.81. The fourth-order valence-electron chi connectivity index (χ4n) is 1.71. The highest BCUT2D eigenvalue weighted by Gasteiger charge is 2.26. The van der Waals surface area contributed by atoms with E-state index in [1.54, 1.807) is 24.3 Å². The summed E-state index contributed by atoms with van der Waals surface area (Å²) in [6.07, 6.45) is 0.667. The molecular formula is C13H13NO4S. The predicted octanol–water partition coefficient (Wildman–Crippen LogP) is 1.37. The number of nitrogens with one attached hydrogen (secondary N) is 1. The third kappa shape index (κ3) is 3.57. The summed E-state index contributed by atoms with van der Waals surface area (Å²) < 4.78 is 4.87. The van der Waals surface area contributed by atoms with Crippen LogP contribution in [0.3, 0.4) is 0 Å². The topological polar surface area (TPSA) is 72.5 Å². The average molecular weight is 279 g/mol. The molecule has 1 fully saturated rings. The second-order valence-electron chi connectivity index (χ2n) is 4.10. The number of esters is 1. The summed E-state index contributed by atoms with van der Waals surface area (Å²) in [7, 11) is 0. The van der Waals surface area contributed by atoms with Crippen molar-refractivity contribution in [3.63, 3.8) is 0 Å². The van der Waals surface area contributed by atoms with Gasteiger partial charge in [0.25, 0.3) is 5.91 Å². The van der Waals surface area contributed by atoms with E-state index in [9.17, 15) is 14.4 Å². The summed E-state index contributed by atoms with van der Waals surface area (Å²) in [5.74, 6) is 0.423. The van der Waals surface area contributed by atoms with Crippen LogP contribution < -0.4 is 10.1 Å². The minimum absolute atomic E-state index is 0.00452. The van der Waals surface area contributed by atoms with Gasteiger partial charge in [0.15, 0.2) is 0 Å². The quantitative estimate of drug-likeness (QED) is 0.668. The van der Waals surface area contributed by atoms with Gasteiger partial charge in [-0.05, 0) is 30.7 Å². The standard InChI is InChI=1S/C13H13NO4S/c1-8(15)18-10-4-2-9(3-5-10)12(16)14-11-6-7-19-13(11)17/h2-5,11H,6-7H2,1H3,(H,14,16)/t11-/m0/s1. The first-order chi connectivity index (χ1) is 9.06. The summed E-state index contributed by atoms with van der Waals surface area (Å²) >= 11 is 1.24. The Labute approximate surface area is 114 Å². The lowest BCUT2D eigenvalue weighted by Gasteiger charge is -2.10. The molecule has 1 amide bonds. The van der Waals surface area contributed by atoms with Gasteiger partial charge in [0, 0.05) is 18.2 Å². The van der Waals surface area contributed by atoms with Crippen LogP contribution in [0.5, 0.6) is 5.75 Å². The zero-order chi connectivity index (χ0) is 13.8. The molecule has 1 N–H and O–H groups in total. The van der Waals surface area contributed by atoms with Crippen LogP contribution in [-0.4, -0.2) is 28.8 Å². The predicted molar refractivity (Wildman–Crippen MR) is 71.1 cm³/mol. The van der Waals surface area contributed by atoms with Crippen molar-refractivity contribution in [2.24, 2.45) is 0 Å². The van der Waals surface area contributed by atoms with E-state index in [2.05, 4.69) is 5.32 Å². The minimum Gasteiger partial charge on any atom is -0.427 e. The largest absolute Gasteiger partial charge is 0.427 e. The Morgan fingerprint density at radius 2 is 2.00 bits per heavy atom. The summed E-state index contributed by atoms with van der Waals surface area (Å²) in [5, 5.41) is 2.69. The molecule has 0 saturated carbocycles. The van der Waals surface area contributed by atoms with Crippen molar-refractivity contribution in [1.82, 2.24) is 5.32 Å². The molecule has 1 aliphatic rings. The number of thioether (sulfide) groups is 1. The molecule has 5 nitrogen and oxygen atoms in total. The van der Waals surface area contributed by atoms with Crippen LogP contribution in [-0.2, 0) is 9.59 Å². The molecule has 6 heteroatoms. The van der Waals surface area contributed by atoms with Crippen molar-refractivity contribution in [2.45, 2.75) is 19.4 Å². The van der Waals surface area contributed by atoms with Gasteiger partial charge in [-0.1, -0.05) is 11.8 Å². The molecule has 1 aliphatic heterocycles. The second kappa shape index (κ2) is 5.88. The Morgan fingerprint density at radius 1 is 1.32 bits per heavy atom. The van der Waals surface area contributed by atoms with E-state index in [0.29, 0.717) is 17.7 Å². The normalized spacial score (nSPS) is 18.2. The third-order valence-electron chi connectivity index (χ3n) is 2.62. The first-order valence-electron chi connectivity index (χ1n) is 5.82. The Kier molecular flexibility index (Phi) is 4.21. The molecule has 2 rings (SSSR count). The number of hydrogen-bond donors (Lipinski definition) is 1. The molecular weight excluding hydrogens is 266 g/mol. The van der Waals surface area contributed by atoms with Crippen LogP contribution in [0.1, 0.15) is 23.7 Å². The molecule has 1 aromatic carbocycles. The van der Waals surface area contributed by atoms with E-state index in [1.807, 2.05) is 0 Å². The van der Waals surface area contributed by atoms with Crippen molar-refractivity contribution in [2.75, 3.05) is 5.75 Å². The van der Waals surface area contributed by atoms with Gasteiger partial charge in [0.05, 0.1) is 6.04 Å². The summed E-state index contributed by atoms with van der Waals surface area (Å²) in [4.78, 5) is 34.1. The highest BCUT2D eigenvalue weighted by atomic mass is 32.2. The smallest absolute Gasteiger partial charge is 0.308 e. The third-order valence-corrected chi connectivity index (χ3v) is 3.63. The molecule has 0 unspecified atom stereocenters. The van der Waals surface area contributed by atoms with Crippen LogP contribution in [0.25, 0.3) is 0 Å². The number of carbonyl (C=O) groups excluding carboxylic acids is 3. The average Bonchev–Trinajstić information content (AvgIpc) is 2.75. The van der Waals surface area contributed by atoms with Gasteiger partial charge in [0.2, 0.25) is 5.12 Å². The Hall–Kier alpha value is -1.82. The molecule has 1 atom stereocenters. The van der Waals surface area contributed by atoms with Crippen LogP contribution >= 0.6 is 11.8 Å². The van der Waals surface area contributed by atoms with Gasteiger partial charge >= 0.3 is 5.97 Å². The lowest BCUT2D eigenvalue weighted by molar-refractivity contribution is -0.131. The monoisotopic (exact) mass is 279 g/mol. The molecule has 19 heavy (non-hydrogen) atoms. The van der Waals surface area contributed by atoms with E-state index in [-0.39, 0.29) is 11.0 Å². The number of hydrogen-bond acceptors (Lipinski definition) is 5. The number of benzene rings is 1. The van der Waals surface area contributed by atoms with Crippen molar-refractivity contribution in [3.8, 4) is 5.75 Å². The van der Waals surface area contributed by atoms with E-state index >= 15 is 0 Å². The zero-order valence-electron chi connectivity index (χ0n) is 10.3. The zero-order valence-corrected chi connectivity index (χ0v) is 11.2. The van der Waals surface area contributed by atoms with Gasteiger partial charge in [-0.2, -0.15) is 0 Å². The van der Waals surface area contributed by atoms with Crippen molar-refractivity contribution < 1.29 is 19.1 Å². The Bertz CT molecular complexity index is 512. The van der Waals surface area contributed by atoms with Gasteiger partial charge < -0.3 is 10.1 Å². The SMILES string of the molecule is CC(=O)Oc1ccc(C(=O)N[C@H]2CCSC2=O)cc1. The molecule has 1 heterocycles. The van der Waals surface area contributed by atoms with Gasteiger partial charge in [-0.3, -0.25) is 14.4 Å². The van der Waals surface area contributed by atoms with Crippen LogP contribution in [0.4, 0.5) is 0 Å². The molecule has 0 aromatic heterocycles. The van der Waals surface area contributed by atoms with Crippen LogP contribution in [0, 0.1) is 0 Å². The summed E-state index contributed by atoms with van der Waals surface area (Å²) in [6, 6.07) is 5.80. The summed E-state index contributed by atoms with van der Waals surface area (Å²) in [5.41, 5.74) is 0.431. The van der Waals surface area contributed by atoms with E-state index in [4.69, 9.17) is 4.74 Å². The molecule has 0 radical (unpaired) electrons. The van der Waals surface area contributed by atoms with E-state index in [0.717, 1.165) is 5.75 Å². The lowest BCUT2D eigenvalue weighted by Crippen LogP contribution is -2.37. The Morgan fingerprint density at radius 3 is 2.53 bits per heavy atom. The van der Waals surface area contributed by atoms with E-state index < -0.39 is 12.0 Å². The molecule has 0 bridgehead atoms. The maximum atomic E-state index is 11.9. The highest BCUT2D eigenvalue weighted by Crippen LogP contribution is 2.20. The molecule has 0 spiro atoms. The van der Waals surface area contributed by atoms with Crippen LogP contribution in [0.15, 0.2) is 24.3 Å². The van der Waals surface area contributed by atoms with Crippen molar-refractivity contribution in [3.05, 3.63) is 29.8 Å². The fraction of sp³-hybridized carbons (Fsp3) is 0.308. The maximum absolute atomic E-state index is 11.9. The molecule has 1 aromatic rings. The number of carbonyl (C=O) groups is 3. The highest BCUT2D eigenvalue weighted by molar-refractivity contribution is 8.14. The minimum atomic E-state index is -0.411. The Balaban J connectivity index is 1.99. The van der Waals surface area contributed by atoms with Crippen LogP contribution in [0.2, 0.25) is 0 Å². The number of ether oxygens (including phenoxy) is 1.